The van der Waals surface area contributed by atoms with Crippen LogP contribution in [-0.4, -0.2) is 16.0 Å². The summed E-state index contributed by atoms with van der Waals surface area (Å²) in [7, 11) is 0. The molecule has 0 amide bonds. The minimum atomic E-state index is 0.618. The second kappa shape index (κ2) is 4.91. The van der Waals surface area contributed by atoms with Gasteiger partial charge in [0.2, 0.25) is 0 Å². The van der Waals surface area contributed by atoms with E-state index in [4.69, 9.17) is 0 Å². The number of hydrogen-bond donors (Lipinski definition) is 1. The van der Waals surface area contributed by atoms with E-state index in [0.29, 0.717) is 6.04 Å². The van der Waals surface area contributed by atoms with Gasteiger partial charge < -0.3 is 5.32 Å². The lowest BCUT2D eigenvalue weighted by Gasteiger charge is -2.23. The highest BCUT2D eigenvalue weighted by Gasteiger charge is 2.14. The second-order valence-corrected chi connectivity index (χ2v) is 4.86. The minimum absolute atomic E-state index is 0.618. The van der Waals surface area contributed by atoms with Gasteiger partial charge in [-0.1, -0.05) is 19.3 Å². The average molecular weight is 303 g/mol. The lowest BCUT2D eigenvalue weighted by Crippen LogP contribution is -2.23. The molecule has 3 nitrogen and oxygen atoms in total. The third-order valence-electron chi connectivity index (χ3n) is 2.61. The Kier molecular flexibility index (Phi) is 3.55. The zero-order chi connectivity index (χ0) is 9.80. The van der Waals surface area contributed by atoms with Crippen molar-refractivity contribution in [1.82, 2.24) is 9.97 Å². The van der Waals surface area contributed by atoms with Crippen LogP contribution in [0.5, 0.6) is 0 Å². The van der Waals surface area contributed by atoms with Crippen LogP contribution in [0.25, 0.3) is 0 Å². The number of hydrogen-bond acceptors (Lipinski definition) is 3. The first-order valence-corrected chi connectivity index (χ1v) is 6.16. The Morgan fingerprint density at radius 1 is 1.29 bits per heavy atom. The quantitative estimate of drug-likeness (QED) is 0.854. The Hall–Kier alpha value is -0.390. The molecule has 0 aliphatic heterocycles. The number of aromatic nitrogens is 2. The van der Waals surface area contributed by atoms with Crippen molar-refractivity contribution in [2.75, 3.05) is 5.32 Å². The smallest absolute Gasteiger partial charge is 0.143 e. The summed E-state index contributed by atoms with van der Waals surface area (Å²) in [5, 5.41) is 3.49. The van der Waals surface area contributed by atoms with Crippen LogP contribution < -0.4 is 5.32 Å². The fourth-order valence-electron chi connectivity index (χ4n) is 1.86. The molecule has 2 rings (SSSR count). The van der Waals surface area contributed by atoms with Gasteiger partial charge >= 0.3 is 0 Å². The maximum Gasteiger partial charge on any atom is 0.143 e. The molecule has 1 fully saturated rings. The molecule has 1 heterocycles. The first kappa shape index (κ1) is 10.1. The lowest BCUT2D eigenvalue weighted by molar-refractivity contribution is 0.461. The van der Waals surface area contributed by atoms with Crippen molar-refractivity contribution in [3.63, 3.8) is 0 Å². The summed E-state index contributed by atoms with van der Waals surface area (Å²) in [6.45, 7) is 0. The van der Waals surface area contributed by atoms with Gasteiger partial charge in [0.05, 0.1) is 3.57 Å². The Morgan fingerprint density at radius 3 is 2.79 bits per heavy atom. The summed E-state index contributed by atoms with van der Waals surface area (Å²) >= 11 is 2.27. The third kappa shape index (κ3) is 2.56. The van der Waals surface area contributed by atoms with Crippen LogP contribution in [0.3, 0.4) is 0 Å². The van der Waals surface area contributed by atoms with Crippen LogP contribution in [0.4, 0.5) is 5.82 Å². The van der Waals surface area contributed by atoms with Gasteiger partial charge in [0.15, 0.2) is 0 Å². The summed E-state index contributed by atoms with van der Waals surface area (Å²) in [6.07, 6.45) is 10.1. The predicted molar refractivity (Wildman–Crippen MR) is 65.2 cm³/mol. The van der Waals surface area contributed by atoms with E-state index < -0.39 is 0 Å². The van der Waals surface area contributed by atoms with E-state index in [1.807, 2.05) is 6.20 Å². The molecule has 0 unspecified atom stereocenters. The normalized spacial score (nSPS) is 18.1. The number of halogens is 1. The molecule has 1 N–H and O–H groups in total. The zero-order valence-electron chi connectivity index (χ0n) is 8.04. The maximum absolute atomic E-state index is 4.24. The Morgan fingerprint density at radius 2 is 2.07 bits per heavy atom. The van der Waals surface area contributed by atoms with E-state index in [1.165, 1.54) is 32.1 Å². The van der Waals surface area contributed by atoms with Crippen LogP contribution in [0.2, 0.25) is 0 Å². The van der Waals surface area contributed by atoms with Crippen molar-refractivity contribution < 1.29 is 0 Å². The molecule has 0 aromatic carbocycles. The fourth-order valence-corrected chi connectivity index (χ4v) is 2.31. The van der Waals surface area contributed by atoms with Crippen LogP contribution >= 0.6 is 22.6 Å². The van der Waals surface area contributed by atoms with Gasteiger partial charge in [0.25, 0.3) is 0 Å². The molecule has 14 heavy (non-hydrogen) atoms. The summed E-state index contributed by atoms with van der Waals surface area (Å²) in [5.41, 5.74) is 0. The first-order chi connectivity index (χ1) is 6.86. The van der Waals surface area contributed by atoms with Crippen molar-refractivity contribution >= 4 is 28.4 Å². The molecule has 76 valence electrons. The summed E-state index contributed by atoms with van der Waals surface area (Å²) in [6, 6.07) is 0.618. The van der Waals surface area contributed by atoms with E-state index in [9.17, 15) is 0 Å². The maximum atomic E-state index is 4.24. The van der Waals surface area contributed by atoms with Crippen molar-refractivity contribution in [3.8, 4) is 0 Å². The van der Waals surface area contributed by atoms with E-state index in [0.717, 1.165) is 9.39 Å². The van der Waals surface area contributed by atoms with E-state index in [2.05, 4.69) is 37.9 Å². The van der Waals surface area contributed by atoms with Gasteiger partial charge in [0, 0.05) is 12.2 Å². The number of nitrogens with one attached hydrogen (secondary N) is 1. The van der Waals surface area contributed by atoms with Crippen LogP contribution in [-0.2, 0) is 0 Å². The molecular weight excluding hydrogens is 289 g/mol. The fraction of sp³-hybridized carbons (Fsp3) is 0.600. The topological polar surface area (TPSA) is 37.8 Å². The van der Waals surface area contributed by atoms with Crippen molar-refractivity contribution in [3.05, 3.63) is 16.1 Å². The average Bonchev–Trinajstić information content (AvgIpc) is 2.23. The van der Waals surface area contributed by atoms with Crippen molar-refractivity contribution in [2.24, 2.45) is 0 Å². The van der Waals surface area contributed by atoms with Crippen LogP contribution in [0, 0.1) is 3.57 Å². The lowest BCUT2D eigenvalue weighted by atomic mass is 9.95. The van der Waals surface area contributed by atoms with Crippen molar-refractivity contribution in [2.45, 2.75) is 38.1 Å². The highest BCUT2D eigenvalue weighted by Crippen LogP contribution is 2.22. The zero-order valence-corrected chi connectivity index (χ0v) is 10.2. The third-order valence-corrected chi connectivity index (χ3v) is 3.40. The van der Waals surface area contributed by atoms with Gasteiger partial charge in [0.1, 0.15) is 12.1 Å². The van der Waals surface area contributed by atoms with Crippen LogP contribution in [0.1, 0.15) is 32.1 Å². The first-order valence-electron chi connectivity index (χ1n) is 5.08. The molecule has 0 atom stereocenters. The van der Waals surface area contributed by atoms with E-state index in [1.54, 1.807) is 6.33 Å². The predicted octanol–water partition coefficient (Wildman–Crippen LogP) is 2.83. The van der Waals surface area contributed by atoms with Gasteiger partial charge in [-0.15, -0.1) is 0 Å². The molecule has 4 heteroatoms. The largest absolute Gasteiger partial charge is 0.366 e. The highest BCUT2D eigenvalue weighted by atomic mass is 127. The Bertz CT molecular complexity index is 297. The molecule has 0 radical (unpaired) electrons. The SMILES string of the molecule is Ic1cncnc1NC1CCCCC1. The molecule has 1 aliphatic rings. The Balaban J connectivity index is 1.99. The summed E-state index contributed by atoms with van der Waals surface area (Å²) < 4.78 is 1.11. The summed E-state index contributed by atoms with van der Waals surface area (Å²) in [5.74, 6) is 0.993. The number of nitrogens with zero attached hydrogens (tertiary/aromatic N) is 2. The molecule has 0 bridgehead atoms. The number of rotatable bonds is 2. The summed E-state index contributed by atoms with van der Waals surface area (Å²) in [4.78, 5) is 8.22. The van der Waals surface area contributed by atoms with Gasteiger partial charge in [-0.2, -0.15) is 0 Å². The molecular formula is C10H14IN3. The monoisotopic (exact) mass is 303 g/mol. The molecule has 0 saturated heterocycles. The van der Waals surface area contributed by atoms with Gasteiger partial charge in [-0.25, -0.2) is 9.97 Å². The van der Waals surface area contributed by atoms with Gasteiger partial charge in [-0.3, -0.25) is 0 Å². The molecule has 1 saturated carbocycles. The van der Waals surface area contributed by atoms with Crippen molar-refractivity contribution in [1.29, 1.82) is 0 Å². The van der Waals surface area contributed by atoms with E-state index in [-0.39, 0.29) is 0 Å². The minimum Gasteiger partial charge on any atom is -0.366 e. The molecule has 1 aromatic heterocycles. The van der Waals surface area contributed by atoms with Gasteiger partial charge in [-0.05, 0) is 35.4 Å². The standard InChI is InChI=1S/C10H14IN3/c11-9-6-12-7-13-10(9)14-8-4-2-1-3-5-8/h6-8H,1-5H2,(H,12,13,14). The second-order valence-electron chi connectivity index (χ2n) is 3.70. The molecule has 0 spiro atoms. The molecule has 1 aliphatic carbocycles. The highest BCUT2D eigenvalue weighted by molar-refractivity contribution is 14.1. The van der Waals surface area contributed by atoms with E-state index >= 15 is 0 Å². The number of anilines is 1. The molecule has 1 aromatic rings. The van der Waals surface area contributed by atoms with Crippen LogP contribution in [0.15, 0.2) is 12.5 Å². The Labute approximate surface area is 97.9 Å².